The van der Waals surface area contributed by atoms with Crippen LogP contribution < -0.4 is 0 Å². The van der Waals surface area contributed by atoms with Crippen LogP contribution in [0.4, 0.5) is 0 Å². The summed E-state index contributed by atoms with van der Waals surface area (Å²) in [5.74, 6) is 0.0302. The van der Waals surface area contributed by atoms with Crippen LogP contribution in [0.25, 0.3) is 0 Å². The quantitative estimate of drug-likeness (QED) is 0.657. The number of carbonyl (C=O) groups excluding carboxylic acids is 1. The van der Waals surface area contributed by atoms with E-state index in [1.165, 1.54) is 5.56 Å². The molecule has 0 aliphatic heterocycles. The molecule has 0 aliphatic carbocycles. The molecular weight excluding hydrogens is 344 g/mol. The first-order chi connectivity index (χ1) is 12.1. The summed E-state index contributed by atoms with van der Waals surface area (Å²) in [5.41, 5.74) is 3.60. The van der Waals surface area contributed by atoms with Gasteiger partial charge in [-0.2, -0.15) is 0 Å². The number of carbonyl (C=O) groups is 1. The maximum Gasteiger partial charge on any atom is 0.167 e. The minimum Gasteiger partial charge on any atom is -0.294 e. The van der Waals surface area contributed by atoms with Gasteiger partial charge in [0.25, 0.3) is 0 Å². The van der Waals surface area contributed by atoms with Gasteiger partial charge in [0.1, 0.15) is 0 Å². The highest BCUT2D eigenvalue weighted by Crippen LogP contribution is 2.21. The number of benzene rings is 2. The predicted molar refractivity (Wildman–Crippen MR) is 107 cm³/mol. The van der Waals surface area contributed by atoms with Crippen LogP contribution in [0.5, 0.6) is 0 Å². The fourth-order valence-electron chi connectivity index (χ4n) is 2.62. The second-order valence-corrected chi connectivity index (χ2v) is 10.5. The third-order valence-corrected chi connectivity index (χ3v) is 7.07. The lowest BCUT2D eigenvalue weighted by Gasteiger charge is -2.19. The van der Waals surface area contributed by atoms with Gasteiger partial charge in [0.15, 0.2) is 15.6 Å². The molecule has 4 heteroatoms. The lowest BCUT2D eigenvalue weighted by molar-refractivity contribution is 0.0993. The maximum atomic E-state index is 12.5. The first-order valence-corrected chi connectivity index (χ1v) is 10.7. The molecule has 2 aromatic carbocycles. The summed E-state index contributed by atoms with van der Waals surface area (Å²) in [5, 5.41) is 0. The van der Waals surface area contributed by atoms with Crippen LogP contribution in [0, 0.1) is 0 Å². The van der Waals surface area contributed by atoms with Crippen LogP contribution in [0.1, 0.15) is 61.2 Å². The Balaban J connectivity index is 2.04. The highest BCUT2D eigenvalue weighted by atomic mass is 32.2. The highest BCUT2D eigenvalue weighted by Gasteiger charge is 2.28. The first kappa shape index (κ1) is 20.4. The molecule has 0 amide bonds. The van der Waals surface area contributed by atoms with Crippen molar-refractivity contribution in [3.63, 3.8) is 0 Å². The van der Waals surface area contributed by atoms with Crippen molar-refractivity contribution in [2.24, 2.45) is 0 Å². The molecule has 0 radical (unpaired) electrons. The molecule has 0 bridgehead atoms. The minimum atomic E-state index is -3.23. The van der Waals surface area contributed by atoms with Gasteiger partial charge < -0.3 is 0 Å². The lowest BCUT2D eigenvalue weighted by Crippen LogP contribution is -2.29. The van der Waals surface area contributed by atoms with Crippen LogP contribution in [-0.4, -0.2) is 18.9 Å². The molecule has 0 unspecified atom stereocenters. The topological polar surface area (TPSA) is 51.2 Å². The molecular formula is C22H28O3S. The molecule has 26 heavy (non-hydrogen) atoms. The zero-order valence-corrected chi connectivity index (χ0v) is 16.9. The van der Waals surface area contributed by atoms with Gasteiger partial charge in [0, 0.05) is 12.0 Å². The molecule has 0 aliphatic rings. The van der Waals surface area contributed by atoms with Gasteiger partial charge in [-0.1, -0.05) is 61.9 Å². The Bertz CT molecular complexity index is 840. The van der Waals surface area contributed by atoms with Crippen molar-refractivity contribution in [2.75, 3.05) is 0 Å². The monoisotopic (exact) mass is 372 g/mol. The Morgan fingerprint density at radius 1 is 0.846 bits per heavy atom. The molecule has 2 aromatic rings. The van der Waals surface area contributed by atoms with Gasteiger partial charge in [0.05, 0.1) is 10.5 Å². The fourth-order valence-corrected chi connectivity index (χ4v) is 3.69. The zero-order chi connectivity index (χ0) is 19.4. The van der Waals surface area contributed by atoms with E-state index in [1.54, 1.807) is 45.0 Å². The maximum absolute atomic E-state index is 12.5. The van der Waals surface area contributed by atoms with Crippen LogP contribution in [0.3, 0.4) is 0 Å². The van der Waals surface area contributed by atoms with Gasteiger partial charge in [-0.15, -0.1) is 0 Å². The number of rotatable bonds is 7. The number of sulfone groups is 1. The van der Waals surface area contributed by atoms with Crippen molar-refractivity contribution in [1.82, 2.24) is 0 Å². The molecule has 0 aromatic heterocycles. The van der Waals surface area contributed by atoms with Crippen molar-refractivity contribution < 1.29 is 13.2 Å². The summed E-state index contributed by atoms with van der Waals surface area (Å²) in [4.78, 5) is 12.5. The summed E-state index contributed by atoms with van der Waals surface area (Å²) in [6.07, 6.45) is 2.51. The number of hydrogen-bond donors (Lipinski definition) is 0. The highest BCUT2D eigenvalue weighted by molar-refractivity contribution is 7.91. The van der Waals surface area contributed by atoms with Crippen molar-refractivity contribution in [2.45, 2.75) is 57.5 Å². The van der Waals surface area contributed by atoms with E-state index in [0.717, 1.165) is 18.4 Å². The Hall–Kier alpha value is -1.94. The molecule has 0 spiro atoms. The lowest BCUT2D eigenvalue weighted by atomic mass is 10.0. The molecule has 3 nitrogen and oxygen atoms in total. The van der Waals surface area contributed by atoms with E-state index < -0.39 is 14.6 Å². The summed E-state index contributed by atoms with van der Waals surface area (Å²) in [6, 6.07) is 15.1. The second kappa shape index (κ2) is 8.17. The summed E-state index contributed by atoms with van der Waals surface area (Å²) < 4.78 is 23.8. The molecule has 0 N–H and O–H groups in total. The third kappa shape index (κ3) is 5.28. The molecule has 0 atom stereocenters. The fraction of sp³-hybridized carbons (Fsp3) is 0.409. The van der Waals surface area contributed by atoms with E-state index in [9.17, 15) is 13.2 Å². The molecule has 0 saturated carbocycles. The smallest absolute Gasteiger partial charge is 0.167 e. The van der Waals surface area contributed by atoms with Crippen LogP contribution in [-0.2, 0) is 28.4 Å². The van der Waals surface area contributed by atoms with Crippen molar-refractivity contribution in [3.8, 4) is 0 Å². The molecule has 2 rings (SSSR count). The molecule has 0 fully saturated rings. The summed E-state index contributed by atoms with van der Waals surface area (Å²) in [6.45, 7) is 7.25. The molecule has 0 heterocycles. The van der Waals surface area contributed by atoms with E-state index in [2.05, 4.69) is 19.1 Å². The summed E-state index contributed by atoms with van der Waals surface area (Å²) >= 11 is 0. The zero-order valence-electron chi connectivity index (χ0n) is 16.1. The number of ketones is 1. The van der Waals surface area contributed by atoms with E-state index in [0.29, 0.717) is 17.5 Å². The minimum absolute atomic E-state index is 0.0101. The standard InChI is InChI=1S/C22H28O3S/c1-5-6-17-7-9-18(10-8-17)15-21(23)20-13-11-19(12-14-20)16-26(24,25)22(2,3)4/h7-14H,5-6,15-16H2,1-4H3. The summed E-state index contributed by atoms with van der Waals surface area (Å²) in [7, 11) is -3.23. The van der Waals surface area contributed by atoms with Gasteiger partial charge in [-0.3, -0.25) is 4.79 Å². The van der Waals surface area contributed by atoms with Gasteiger partial charge in [-0.05, 0) is 43.9 Å². The van der Waals surface area contributed by atoms with E-state index in [4.69, 9.17) is 0 Å². The average Bonchev–Trinajstić information content (AvgIpc) is 2.56. The van der Waals surface area contributed by atoms with Crippen LogP contribution in [0.2, 0.25) is 0 Å². The van der Waals surface area contributed by atoms with Gasteiger partial charge in [0.2, 0.25) is 0 Å². The Labute approximate surface area is 157 Å². The number of aryl methyl sites for hydroxylation is 1. The molecule has 140 valence electrons. The van der Waals surface area contributed by atoms with Crippen molar-refractivity contribution in [3.05, 3.63) is 70.8 Å². The Morgan fingerprint density at radius 2 is 1.35 bits per heavy atom. The number of hydrogen-bond acceptors (Lipinski definition) is 3. The van der Waals surface area contributed by atoms with E-state index in [-0.39, 0.29) is 11.5 Å². The first-order valence-electron chi connectivity index (χ1n) is 9.04. The van der Waals surface area contributed by atoms with Gasteiger partial charge >= 0.3 is 0 Å². The second-order valence-electron chi connectivity index (χ2n) is 7.73. The third-order valence-electron chi connectivity index (χ3n) is 4.49. The predicted octanol–water partition coefficient (Wildman–Crippen LogP) is 4.78. The van der Waals surface area contributed by atoms with Gasteiger partial charge in [-0.25, -0.2) is 8.42 Å². The van der Waals surface area contributed by atoms with E-state index in [1.807, 2.05) is 12.1 Å². The largest absolute Gasteiger partial charge is 0.294 e. The Kier molecular flexibility index (Phi) is 6.40. The van der Waals surface area contributed by atoms with Crippen molar-refractivity contribution >= 4 is 15.6 Å². The van der Waals surface area contributed by atoms with E-state index >= 15 is 0 Å². The average molecular weight is 373 g/mol. The normalized spacial score (nSPS) is 12.2. The van der Waals surface area contributed by atoms with Crippen LogP contribution >= 0.6 is 0 Å². The number of Topliss-reactive ketones (excluding diaryl/α,β-unsaturated/α-hetero) is 1. The van der Waals surface area contributed by atoms with Crippen molar-refractivity contribution in [1.29, 1.82) is 0 Å². The SMILES string of the molecule is CCCc1ccc(CC(=O)c2ccc(CS(=O)(=O)C(C)(C)C)cc2)cc1. The van der Waals surface area contributed by atoms with Crippen LogP contribution in [0.15, 0.2) is 48.5 Å². The Morgan fingerprint density at radius 3 is 1.85 bits per heavy atom. The molecule has 0 saturated heterocycles.